The van der Waals surface area contributed by atoms with Gasteiger partial charge in [-0.3, -0.25) is 0 Å². The smallest absolute Gasteiger partial charge is 0.159 e. The zero-order valence-electron chi connectivity index (χ0n) is 11.1. The zero-order valence-corrected chi connectivity index (χ0v) is 11.1. The molecule has 3 nitrogen and oxygen atoms in total. The van der Waals surface area contributed by atoms with Crippen molar-refractivity contribution in [3.05, 3.63) is 53.6 Å². The minimum Gasteiger partial charge on any atom is -0.494 e. The first-order valence-electron chi connectivity index (χ1n) is 6.29. The first kappa shape index (κ1) is 14.1. The van der Waals surface area contributed by atoms with E-state index in [1.807, 2.05) is 6.92 Å². The predicted octanol–water partition coefficient (Wildman–Crippen LogP) is 3.56. The molecule has 0 aliphatic carbocycles. The highest BCUT2D eigenvalue weighted by Crippen LogP contribution is 2.23. The fraction of sp³-hybridized carbons (Fsp3) is 0.200. The molecule has 2 aromatic carbocycles. The average molecular weight is 278 g/mol. The lowest BCUT2D eigenvalue weighted by molar-refractivity contribution is 0.340. The summed E-state index contributed by atoms with van der Waals surface area (Å²) in [4.78, 5) is 0. The lowest BCUT2D eigenvalue weighted by Gasteiger charge is -2.10. The van der Waals surface area contributed by atoms with Gasteiger partial charge in [0.1, 0.15) is 5.75 Å². The molecule has 0 radical (unpaired) electrons. The van der Waals surface area contributed by atoms with Crippen LogP contribution in [-0.2, 0) is 6.54 Å². The predicted molar refractivity (Wildman–Crippen MR) is 75.7 cm³/mol. The Bertz CT molecular complexity index is 602. The summed E-state index contributed by atoms with van der Waals surface area (Å²) in [6, 6.07) is 9.09. The molecule has 5 heteroatoms. The molecule has 2 rings (SSSR count). The molecule has 0 aliphatic heterocycles. The van der Waals surface area contributed by atoms with E-state index >= 15 is 0 Å². The lowest BCUT2D eigenvalue weighted by atomic mass is 10.2. The average Bonchev–Trinajstić information content (AvgIpc) is 2.40. The highest BCUT2D eigenvalue weighted by atomic mass is 19.2. The summed E-state index contributed by atoms with van der Waals surface area (Å²) >= 11 is 0. The zero-order chi connectivity index (χ0) is 14.5. The number of ether oxygens (including phenoxy) is 1. The molecule has 2 aromatic rings. The summed E-state index contributed by atoms with van der Waals surface area (Å²) in [5.74, 6) is -1.04. The molecule has 0 heterocycles. The number of nitrogens with two attached hydrogens (primary N) is 1. The molecule has 0 spiro atoms. The van der Waals surface area contributed by atoms with Crippen LogP contribution in [0.15, 0.2) is 36.4 Å². The van der Waals surface area contributed by atoms with Gasteiger partial charge in [-0.05, 0) is 30.7 Å². The molecule has 106 valence electrons. The highest BCUT2D eigenvalue weighted by molar-refractivity contribution is 5.59. The molecule has 0 bridgehead atoms. The fourth-order valence-corrected chi connectivity index (χ4v) is 1.83. The Kier molecular flexibility index (Phi) is 4.40. The number of halogens is 2. The minimum absolute atomic E-state index is 0.367. The fourth-order valence-electron chi connectivity index (χ4n) is 1.83. The normalized spacial score (nSPS) is 10.3. The monoisotopic (exact) mass is 278 g/mol. The second kappa shape index (κ2) is 6.23. The van der Waals surface area contributed by atoms with Crippen molar-refractivity contribution in [1.29, 1.82) is 0 Å². The second-order valence-electron chi connectivity index (χ2n) is 4.33. The van der Waals surface area contributed by atoms with Crippen molar-refractivity contribution >= 4 is 11.4 Å². The van der Waals surface area contributed by atoms with E-state index in [0.29, 0.717) is 30.2 Å². The van der Waals surface area contributed by atoms with Gasteiger partial charge >= 0.3 is 0 Å². The first-order valence-corrected chi connectivity index (χ1v) is 6.29. The van der Waals surface area contributed by atoms with Crippen molar-refractivity contribution in [3.63, 3.8) is 0 Å². The van der Waals surface area contributed by atoms with Crippen LogP contribution in [0.2, 0.25) is 0 Å². The van der Waals surface area contributed by atoms with Crippen LogP contribution in [0.25, 0.3) is 0 Å². The van der Waals surface area contributed by atoms with Gasteiger partial charge in [0.2, 0.25) is 0 Å². The number of hydrogen-bond donors (Lipinski definition) is 2. The van der Waals surface area contributed by atoms with Gasteiger partial charge in [-0.2, -0.15) is 0 Å². The molecule has 0 unspecified atom stereocenters. The van der Waals surface area contributed by atoms with Crippen LogP contribution in [0.3, 0.4) is 0 Å². The molecule has 0 atom stereocenters. The molecule has 0 fully saturated rings. The number of rotatable bonds is 5. The van der Waals surface area contributed by atoms with Crippen LogP contribution >= 0.6 is 0 Å². The van der Waals surface area contributed by atoms with Crippen LogP contribution in [-0.4, -0.2) is 6.61 Å². The van der Waals surface area contributed by atoms with Crippen LogP contribution in [0, 0.1) is 11.6 Å². The summed E-state index contributed by atoms with van der Waals surface area (Å²) in [7, 11) is 0. The number of benzene rings is 2. The lowest BCUT2D eigenvalue weighted by Crippen LogP contribution is -2.02. The van der Waals surface area contributed by atoms with E-state index in [2.05, 4.69) is 5.32 Å². The maximum atomic E-state index is 13.1. The maximum absolute atomic E-state index is 13.1. The van der Waals surface area contributed by atoms with E-state index in [1.165, 1.54) is 6.07 Å². The number of nitrogen functional groups attached to an aromatic ring is 1. The molecule has 0 saturated heterocycles. The quantitative estimate of drug-likeness (QED) is 0.822. The summed E-state index contributed by atoms with van der Waals surface area (Å²) in [5.41, 5.74) is 7.75. The van der Waals surface area contributed by atoms with Crippen molar-refractivity contribution in [1.82, 2.24) is 0 Å². The van der Waals surface area contributed by atoms with E-state index in [9.17, 15) is 8.78 Å². The Morgan fingerprint density at radius 2 is 1.90 bits per heavy atom. The number of hydrogen-bond acceptors (Lipinski definition) is 3. The summed E-state index contributed by atoms with van der Waals surface area (Å²) in [6.45, 7) is 2.80. The Labute approximate surface area is 116 Å². The number of nitrogens with one attached hydrogen (secondary N) is 1. The van der Waals surface area contributed by atoms with E-state index < -0.39 is 11.6 Å². The van der Waals surface area contributed by atoms with Gasteiger partial charge in [0.05, 0.1) is 6.61 Å². The maximum Gasteiger partial charge on any atom is 0.159 e. The second-order valence-corrected chi connectivity index (χ2v) is 4.33. The minimum atomic E-state index is -0.855. The standard InChI is InChI=1S/C15H16F2N2O/c1-2-20-13-7-11(18)6-12(8-13)19-9-10-3-4-14(16)15(17)5-10/h3-8,19H,2,9,18H2,1H3. The molecular formula is C15H16F2N2O. The van der Waals surface area contributed by atoms with Crippen molar-refractivity contribution < 1.29 is 13.5 Å². The van der Waals surface area contributed by atoms with Crippen LogP contribution in [0.1, 0.15) is 12.5 Å². The van der Waals surface area contributed by atoms with Crippen molar-refractivity contribution in [3.8, 4) is 5.75 Å². The SMILES string of the molecule is CCOc1cc(N)cc(NCc2ccc(F)c(F)c2)c1. The van der Waals surface area contributed by atoms with Gasteiger partial charge in [-0.1, -0.05) is 6.07 Å². The molecule has 20 heavy (non-hydrogen) atoms. The third-order valence-corrected chi connectivity index (χ3v) is 2.72. The van der Waals surface area contributed by atoms with Crippen molar-refractivity contribution in [2.24, 2.45) is 0 Å². The Morgan fingerprint density at radius 1 is 1.10 bits per heavy atom. The molecule has 0 aromatic heterocycles. The summed E-state index contributed by atoms with van der Waals surface area (Å²) in [6.07, 6.45) is 0. The topological polar surface area (TPSA) is 47.3 Å². The van der Waals surface area contributed by atoms with Crippen molar-refractivity contribution in [2.45, 2.75) is 13.5 Å². The van der Waals surface area contributed by atoms with E-state index in [4.69, 9.17) is 10.5 Å². The van der Waals surface area contributed by atoms with Gasteiger partial charge in [0.15, 0.2) is 11.6 Å². The first-order chi connectivity index (χ1) is 9.58. The number of anilines is 2. The molecular weight excluding hydrogens is 262 g/mol. The molecule has 0 saturated carbocycles. The van der Waals surface area contributed by atoms with Crippen LogP contribution in [0.4, 0.5) is 20.2 Å². The molecule has 0 aliphatic rings. The van der Waals surface area contributed by atoms with Gasteiger partial charge in [-0.25, -0.2) is 8.78 Å². The summed E-state index contributed by atoms with van der Waals surface area (Å²) < 4.78 is 31.3. The van der Waals surface area contributed by atoms with Crippen LogP contribution < -0.4 is 15.8 Å². The van der Waals surface area contributed by atoms with Crippen molar-refractivity contribution in [2.75, 3.05) is 17.7 Å². The highest BCUT2D eigenvalue weighted by Gasteiger charge is 2.04. The third kappa shape index (κ3) is 3.60. The van der Waals surface area contributed by atoms with E-state index in [-0.39, 0.29) is 0 Å². The Morgan fingerprint density at radius 3 is 2.60 bits per heavy atom. The molecule has 0 amide bonds. The van der Waals surface area contributed by atoms with E-state index in [1.54, 1.807) is 18.2 Å². The summed E-state index contributed by atoms with van der Waals surface area (Å²) in [5, 5.41) is 3.10. The molecule has 3 N–H and O–H groups in total. The van der Waals surface area contributed by atoms with Crippen LogP contribution in [0.5, 0.6) is 5.75 Å². The third-order valence-electron chi connectivity index (χ3n) is 2.72. The van der Waals surface area contributed by atoms with Gasteiger partial charge in [0.25, 0.3) is 0 Å². The Balaban J connectivity index is 2.08. The van der Waals surface area contributed by atoms with E-state index in [0.717, 1.165) is 17.8 Å². The van der Waals surface area contributed by atoms with Gasteiger partial charge in [0, 0.05) is 30.1 Å². The van der Waals surface area contributed by atoms with Gasteiger partial charge in [-0.15, -0.1) is 0 Å². The largest absolute Gasteiger partial charge is 0.494 e. The Hall–Kier alpha value is -2.30. The van der Waals surface area contributed by atoms with Gasteiger partial charge < -0.3 is 15.8 Å².